The van der Waals surface area contributed by atoms with E-state index in [1.807, 2.05) is 12.1 Å². The molecule has 0 spiro atoms. The van der Waals surface area contributed by atoms with Gasteiger partial charge in [-0.15, -0.1) is 0 Å². The van der Waals surface area contributed by atoms with E-state index in [4.69, 9.17) is 0 Å². The van der Waals surface area contributed by atoms with Crippen molar-refractivity contribution < 1.29 is 13.2 Å². The second kappa shape index (κ2) is 6.33. The van der Waals surface area contributed by atoms with Crippen LogP contribution in [0.1, 0.15) is 22.8 Å². The minimum absolute atomic E-state index is 0.186. The summed E-state index contributed by atoms with van der Waals surface area (Å²) in [5.74, 6) is -0.315. The lowest BCUT2D eigenvalue weighted by molar-refractivity contribution is 0.102. The molecular formula is C17H16N2O3S2. The molecule has 124 valence electrons. The first-order chi connectivity index (χ1) is 11.4. The average Bonchev–Trinajstić information content (AvgIpc) is 2.95. The number of nitrogens with one attached hydrogen (secondary N) is 1. The molecule has 0 unspecified atom stereocenters. The highest BCUT2D eigenvalue weighted by Gasteiger charge is 2.12. The Balaban J connectivity index is 1.81. The minimum atomic E-state index is -3.27. The standard InChI is InChI=1S/C17H16N2O3S2/c1-3-11-4-9-14-15(10-11)23-17(18-14)19-16(20)12-5-7-13(8-6-12)24(2,21)22/h4-10H,3H2,1-2H3,(H,18,19,20). The molecule has 2 aromatic carbocycles. The highest BCUT2D eigenvalue weighted by Crippen LogP contribution is 2.27. The van der Waals surface area contributed by atoms with Gasteiger partial charge in [0, 0.05) is 11.8 Å². The number of anilines is 1. The van der Waals surface area contributed by atoms with Gasteiger partial charge in [0.1, 0.15) is 0 Å². The Hall–Kier alpha value is -2.25. The van der Waals surface area contributed by atoms with Crippen molar-refractivity contribution in [3.05, 3.63) is 53.6 Å². The molecule has 1 amide bonds. The van der Waals surface area contributed by atoms with Gasteiger partial charge >= 0.3 is 0 Å². The van der Waals surface area contributed by atoms with Crippen LogP contribution in [0.3, 0.4) is 0 Å². The summed E-state index contributed by atoms with van der Waals surface area (Å²) in [7, 11) is -3.27. The lowest BCUT2D eigenvalue weighted by Gasteiger charge is -2.03. The van der Waals surface area contributed by atoms with Crippen molar-refractivity contribution in [3.8, 4) is 0 Å². The van der Waals surface area contributed by atoms with E-state index < -0.39 is 9.84 Å². The lowest BCUT2D eigenvalue weighted by Crippen LogP contribution is -2.11. The molecule has 0 saturated heterocycles. The van der Waals surface area contributed by atoms with Crippen LogP contribution in [0, 0.1) is 0 Å². The number of sulfone groups is 1. The molecule has 0 aliphatic carbocycles. The summed E-state index contributed by atoms with van der Waals surface area (Å²) in [6.45, 7) is 2.09. The topological polar surface area (TPSA) is 76.1 Å². The first-order valence-electron chi connectivity index (χ1n) is 7.38. The molecule has 0 aliphatic heterocycles. The third-order valence-electron chi connectivity index (χ3n) is 3.63. The molecular weight excluding hydrogens is 344 g/mol. The van der Waals surface area contributed by atoms with E-state index in [-0.39, 0.29) is 10.8 Å². The third kappa shape index (κ3) is 3.47. The maximum atomic E-state index is 12.3. The molecule has 0 aliphatic rings. The minimum Gasteiger partial charge on any atom is -0.298 e. The van der Waals surface area contributed by atoms with Crippen LogP contribution in [0.2, 0.25) is 0 Å². The first-order valence-corrected chi connectivity index (χ1v) is 10.1. The Kier molecular flexibility index (Phi) is 4.38. The van der Waals surface area contributed by atoms with E-state index in [9.17, 15) is 13.2 Å². The van der Waals surface area contributed by atoms with Crippen molar-refractivity contribution in [3.63, 3.8) is 0 Å². The summed E-state index contributed by atoms with van der Waals surface area (Å²) in [6, 6.07) is 11.9. The van der Waals surface area contributed by atoms with Gasteiger partial charge in [0.25, 0.3) is 5.91 Å². The number of rotatable bonds is 4. The largest absolute Gasteiger partial charge is 0.298 e. The summed E-state index contributed by atoms with van der Waals surface area (Å²) in [5.41, 5.74) is 2.45. The van der Waals surface area contributed by atoms with Gasteiger partial charge in [-0.05, 0) is 48.4 Å². The van der Waals surface area contributed by atoms with E-state index in [0.717, 1.165) is 22.9 Å². The number of benzene rings is 2. The smallest absolute Gasteiger partial charge is 0.257 e. The molecule has 5 nitrogen and oxygen atoms in total. The molecule has 0 atom stereocenters. The van der Waals surface area contributed by atoms with Gasteiger partial charge < -0.3 is 0 Å². The Morgan fingerprint density at radius 1 is 1.17 bits per heavy atom. The maximum absolute atomic E-state index is 12.3. The zero-order valence-electron chi connectivity index (χ0n) is 13.2. The summed E-state index contributed by atoms with van der Waals surface area (Å²) >= 11 is 1.42. The van der Waals surface area contributed by atoms with E-state index >= 15 is 0 Å². The summed E-state index contributed by atoms with van der Waals surface area (Å²) in [5, 5.41) is 3.29. The molecule has 0 saturated carbocycles. The predicted molar refractivity (Wildman–Crippen MR) is 96.5 cm³/mol. The SMILES string of the molecule is CCc1ccc2nc(NC(=O)c3ccc(S(C)(=O)=O)cc3)sc2c1. The number of fused-ring (bicyclic) bond motifs is 1. The number of nitrogens with zero attached hydrogens (tertiary/aromatic N) is 1. The van der Waals surface area contributed by atoms with Gasteiger partial charge in [0.15, 0.2) is 15.0 Å². The number of carbonyl (C=O) groups is 1. The maximum Gasteiger partial charge on any atom is 0.257 e. The molecule has 1 aromatic heterocycles. The average molecular weight is 360 g/mol. The Morgan fingerprint density at radius 3 is 2.50 bits per heavy atom. The second-order valence-corrected chi connectivity index (χ2v) is 8.47. The van der Waals surface area contributed by atoms with Crippen molar-refractivity contribution in [2.45, 2.75) is 18.2 Å². The van der Waals surface area contributed by atoms with Gasteiger partial charge in [0.05, 0.1) is 15.1 Å². The molecule has 0 radical (unpaired) electrons. The van der Waals surface area contributed by atoms with Crippen LogP contribution in [-0.4, -0.2) is 25.6 Å². The van der Waals surface area contributed by atoms with Crippen molar-refractivity contribution >= 4 is 42.4 Å². The summed E-state index contributed by atoms with van der Waals surface area (Å²) < 4.78 is 23.9. The van der Waals surface area contributed by atoms with Crippen LogP contribution in [0.4, 0.5) is 5.13 Å². The predicted octanol–water partition coefficient (Wildman–Crippen LogP) is 3.51. The molecule has 0 bridgehead atoms. The van der Waals surface area contributed by atoms with Gasteiger partial charge in [-0.3, -0.25) is 10.1 Å². The van der Waals surface area contributed by atoms with Crippen molar-refractivity contribution in [2.75, 3.05) is 11.6 Å². The van der Waals surface area contributed by atoms with Crippen molar-refractivity contribution in [2.24, 2.45) is 0 Å². The number of aryl methyl sites for hydroxylation is 1. The fraction of sp³-hybridized carbons (Fsp3) is 0.176. The number of thiazole rings is 1. The summed E-state index contributed by atoms with van der Waals surface area (Å²) in [4.78, 5) is 16.9. The first kappa shape index (κ1) is 16.6. The zero-order chi connectivity index (χ0) is 17.3. The molecule has 3 rings (SSSR count). The number of carbonyl (C=O) groups excluding carboxylic acids is 1. The van der Waals surface area contributed by atoms with E-state index in [2.05, 4.69) is 23.3 Å². The highest BCUT2D eigenvalue weighted by atomic mass is 32.2. The normalized spacial score (nSPS) is 11.6. The monoisotopic (exact) mass is 360 g/mol. The Labute approximate surface area is 144 Å². The zero-order valence-corrected chi connectivity index (χ0v) is 14.9. The highest BCUT2D eigenvalue weighted by molar-refractivity contribution is 7.90. The number of aromatic nitrogens is 1. The molecule has 1 heterocycles. The fourth-order valence-corrected chi connectivity index (χ4v) is 3.82. The van der Waals surface area contributed by atoms with Crippen molar-refractivity contribution in [1.29, 1.82) is 0 Å². The van der Waals surface area contributed by atoms with E-state index in [0.29, 0.717) is 10.7 Å². The quantitative estimate of drug-likeness (QED) is 0.772. The van der Waals surface area contributed by atoms with Crippen LogP contribution in [0.15, 0.2) is 47.4 Å². The molecule has 7 heteroatoms. The fourth-order valence-electron chi connectivity index (χ4n) is 2.27. The van der Waals surface area contributed by atoms with Gasteiger partial charge in [-0.1, -0.05) is 24.3 Å². The molecule has 24 heavy (non-hydrogen) atoms. The van der Waals surface area contributed by atoms with Gasteiger partial charge in [-0.2, -0.15) is 0 Å². The lowest BCUT2D eigenvalue weighted by atomic mass is 10.2. The van der Waals surface area contributed by atoms with Crippen LogP contribution in [0.25, 0.3) is 10.2 Å². The molecule has 1 N–H and O–H groups in total. The Morgan fingerprint density at radius 2 is 1.88 bits per heavy atom. The van der Waals surface area contributed by atoms with Crippen LogP contribution < -0.4 is 5.32 Å². The number of amides is 1. The molecule has 0 fully saturated rings. The Bertz CT molecular complexity index is 1010. The van der Waals surface area contributed by atoms with E-state index in [1.165, 1.54) is 41.2 Å². The second-order valence-electron chi connectivity index (χ2n) is 5.43. The third-order valence-corrected chi connectivity index (χ3v) is 5.69. The summed E-state index contributed by atoms with van der Waals surface area (Å²) in [6.07, 6.45) is 2.08. The van der Waals surface area contributed by atoms with Gasteiger partial charge in [0.2, 0.25) is 0 Å². The molecule has 3 aromatic rings. The van der Waals surface area contributed by atoms with E-state index in [1.54, 1.807) is 0 Å². The number of hydrogen-bond donors (Lipinski definition) is 1. The van der Waals surface area contributed by atoms with Crippen molar-refractivity contribution in [1.82, 2.24) is 4.98 Å². The number of hydrogen-bond acceptors (Lipinski definition) is 5. The van der Waals surface area contributed by atoms with Crippen LogP contribution in [-0.2, 0) is 16.3 Å². The van der Waals surface area contributed by atoms with Crippen LogP contribution >= 0.6 is 11.3 Å². The van der Waals surface area contributed by atoms with Gasteiger partial charge in [-0.25, -0.2) is 13.4 Å². The van der Waals surface area contributed by atoms with Crippen LogP contribution in [0.5, 0.6) is 0 Å².